The average Bonchev–Trinajstić information content (AvgIpc) is 1.90. The summed E-state index contributed by atoms with van der Waals surface area (Å²) in [4.78, 5) is 4.02. The summed E-state index contributed by atoms with van der Waals surface area (Å²) in [6.45, 7) is 0.760. The van der Waals surface area contributed by atoms with Crippen molar-refractivity contribution in [2.45, 2.75) is 0 Å². The maximum Gasteiger partial charge on any atom is 0.250 e. The summed E-state index contributed by atoms with van der Waals surface area (Å²) in [7, 11) is 0. The fraction of sp³-hybridized carbons (Fsp3) is 0.400. The molecule has 3 heteroatoms. The Bertz CT molecular complexity index is 130. The monoisotopic (exact) mass is 129 g/mol. The predicted molar refractivity (Wildman–Crippen MR) is 36.0 cm³/mol. The van der Waals surface area contributed by atoms with Gasteiger partial charge in [-0.05, 0) is 12.3 Å². The van der Waals surface area contributed by atoms with Crippen LogP contribution < -0.4 is 0 Å². The van der Waals surface area contributed by atoms with Gasteiger partial charge in [-0.2, -0.15) is 0 Å². The molecular weight excluding hydrogens is 122 g/mol. The molecule has 0 fully saturated rings. The van der Waals surface area contributed by atoms with Gasteiger partial charge in [-0.1, -0.05) is 11.8 Å². The lowest BCUT2D eigenvalue weighted by Gasteiger charge is -2.03. The minimum absolute atomic E-state index is 0.757. The van der Waals surface area contributed by atoms with Crippen molar-refractivity contribution in [3.05, 3.63) is 12.3 Å². The SMILES string of the molecule is CSC1=NCC=CO1. The summed E-state index contributed by atoms with van der Waals surface area (Å²) in [5.41, 5.74) is 0. The van der Waals surface area contributed by atoms with Crippen LogP contribution >= 0.6 is 11.8 Å². The second-order valence-electron chi connectivity index (χ2n) is 1.30. The van der Waals surface area contributed by atoms with Crippen LogP contribution in [-0.4, -0.2) is 18.0 Å². The van der Waals surface area contributed by atoms with Gasteiger partial charge >= 0.3 is 0 Å². The number of ether oxygens (including phenoxy) is 1. The van der Waals surface area contributed by atoms with Gasteiger partial charge < -0.3 is 4.74 Å². The first-order valence-electron chi connectivity index (χ1n) is 2.33. The van der Waals surface area contributed by atoms with E-state index in [1.54, 1.807) is 6.26 Å². The zero-order valence-electron chi connectivity index (χ0n) is 4.63. The van der Waals surface area contributed by atoms with Crippen LogP contribution in [0.1, 0.15) is 0 Å². The highest BCUT2D eigenvalue weighted by atomic mass is 32.2. The Kier molecular flexibility index (Phi) is 1.97. The Morgan fingerprint density at radius 1 is 1.88 bits per heavy atom. The summed E-state index contributed by atoms with van der Waals surface area (Å²) in [6.07, 6.45) is 5.48. The normalized spacial score (nSPS) is 17.4. The molecule has 0 bridgehead atoms. The van der Waals surface area contributed by atoms with Crippen molar-refractivity contribution >= 4 is 17.0 Å². The Balaban J connectivity index is 2.43. The van der Waals surface area contributed by atoms with Crippen LogP contribution in [0.3, 0.4) is 0 Å². The molecular formula is C5H7NOS. The molecule has 0 aromatic heterocycles. The predicted octanol–water partition coefficient (Wildman–Crippen LogP) is 1.25. The second-order valence-corrected chi connectivity index (χ2v) is 2.06. The molecule has 1 aliphatic rings. The van der Waals surface area contributed by atoms with Crippen LogP contribution in [-0.2, 0) is 4.74 Å². The van der Waals surface area contributed by atoms with E-state index in [1.807, 2.05) is 12.3 Å². The molecule has 1 aliphatic heterocycles. The lowest BCUT2D eigenvalue weighted by molar-refractivity contribution is 0.475. The number of nitrogens with zero attached hydrogens (tertiary/aromatic N) is 1. The van der Waals surface area contributed by atoms with Gasteiger partial charge in [-0.3, -0.25) is 0 Å². The summed E-state index contributed by atoms with van der Waals surface area (Å²) < 4.78 is 4.96. The zero-order valence-corrected chi connectivity index (χ0v) is 5.44. The van der Waals surface area contributed by atoms with E-state index in [2.05, 4.69) is 4.99 Å². The Morgan fingerprint density at radius 2 is 2.75 bits per heavy atom. The molecule has 0 aromatic rings. The fourth-order valence-electron chi connectivity index (χ4n) is 0.427. The fourth-order valence-corrected chi connectivity index (χ4v) is 0.782. The number of hydrogen-bond acceptors (Lipinski definition) is 3. The zero-order chi connectivity index (χ0) is 5.82. The Hall–Kier alpha value is -0.440. The molecule has 0 radical (unpaired) electrons. The molecule has 44 valence electrons. The topological polar surface area (TPSA) is 21.6 Å². The minimum atomic E-state index is 0.757. The van der Waals surface area contributed by atoms with Crippen LogP contribution in [0.25, 0.3) is 0 Å². The Labute approximate surface area is 52.6 Å². The minimum Gasteiger partial charge on any atom is -0.442 e. The molecule has 0 saturated heterocycles. The molecule has 0 aliphatic carbocycles. The molecule has 1 heterocycles. The maximum absolute atomic E-state index is 4.96. The maximum atomic E-state index is 4.96. The molecule has 2 nitrogen and oxygen atoms in total. The largest absolute Gasteiger partial charge is 0.442 e. The molecule has 0 spiro atoms. The van der Waals surface area contributed by atoms with E-state index in [0.29, 0.717) is 0 Å². The van der Waals surface area contributed by atoms with Crippen molar-refractivity contribution in [3.8, 4) is 0 Å². The molecule has 0 atom stereocenters. The van der Waals surface area contributed by atoms with Crippen molar-refractivity contribution in [1.29, 1.82) is 0 Å². The standard InChI is InChI=1S/C5H7NOS/c1-8-5-6-3-2-4-7-5/h2,4H,3H2,1H3. The van der Waals surface area contributed by atoms with Crippen molar-refractivity contribution < 1.29 is 4.74 Å². The molecule has 0 aromatic carbocycles. The van der Waals surface area contributed by atoms with Crippen LogP contribution in [0.2, 0.25) is 0 Å². The van der Waals surface area contributed by atoms with Crippen LogP contribution in [0, 0.1) is 0 Å². The lowest BCUT2D eigenvalue weighted by Crippen LogP contribution is -1.98. The molecule has 8 heavy (non-hydrogen) atoms. The van der Waals surface area contributed by atoms with Gasteiger partial charge in [0.05, 0.1) is 12.8 Å². The molecule has 0 unspecified atom stereocenters. The number of rotatable bonds is 0. The number of aliphatic imine (C=N–C) groups is 1. The van der Waals surface area contributed by atoms with Crippen molar-refractivity contribution in [1.82, 2.24) is 0 Å². The van der Waals surface area contributed by atoms with Gasteiger partial charge in [0.2, 0.25) is 0 Å². The summed E-state index contributed by atoms with van der Waals surface area (Å²) in [6, 6.07) is 0. The molecule has 0 amide bonds. The molecule has 0 saturated carbocycles. The van der Waals surface area contributed by atoms with E-state index in [1.165, 1.54) is 11.8 Å². The van der Waals surface area contributed by atoms with Crippen LogP contribution in [0.4, 0.5) is 0 Å². The Morgan fingerprint density at radius 3 is 3.12 bits per heavy atom. The summed E-state index contributed by atoms with van der Waals surface area (Å²) >= 11 is 1.52. The van der Waals surface area contributed by atoms with E-state index < -0.39 is 0 Å². The lowest BCUT2D eigenvalue weighted by atomic mass is 10.6. The number of thioether (sulfide) groups is 1. The van der Waals surface area contributed by atoms with E-state index in [0.717, 1.165) is 11.8 Å². The smallest absolute Gasteiger partial charge is 0.250 e. The van der Waals surface area contributed by atoms with E-state index in [9.17, 15) is 0 Å². The quantitative estimate of drug-likeness (QED) is 0.491. The first-order chi connectivity index (χ1) is 3.93. The second kappa shape index (κ2) is 2.77. The van der Waals surface area contributed by atoms with Crippen LogP contribution in [0.15, 0.2) is 17.3 Å². The number of hydrogen-bond donors (Lipinski definition) is 0. The van der Waals surface area contributed by atoms with Crippen molar-refractivity contribution in [2.24, 2.45) is 4.99 Å². The van der Waals surface area contributed by atoms with Crippen molar-refractivity contribution in [2.75, 3.05) is 12.8 Å². The van der Waals surface area contributed by atoms with E-state index in [4.69, 9.17) is 4.74 Å². The highest BCUT2D eigenvalue weighted by Crippen LogP contribution is 2.03. The van der Waals surface area contributed by atoms with E-state index >= 15 is 0 Å². The van der Waals surface area contributed by atoms with Gasteiger partial charge in [0.15, 0.2) is 0 Å². The van der Waals surface area contributed by atoms with E-state index in [-0.39, 0.29) is 0 Å². The van der Waals surface area contributed by atoms with Gasteiger partial charge in [0.25, 0.3) is 5.23 Å². The van der Waals surface area contributed by atoms with Gasteiger partial charge in [0, 0.05) is 0 Å². The highest BCUT2D eigenvalue weighted by molar-refractivity contribution is 8.12. The van der Waals surface area contributed by atoms with Gasteiger partial charge in [0.1, 0.15) is 0 Å². The third-order valence-electron chi connectivity index (χ3n) is 0.765. The average molecular weight is 129 g/mol. The molecule has 0 N–H and O–H groups in total. The third-order valence-corrected chi connectivity index (χ3v) is 1.34. The van der Waals surface area contributed by atoms with Crippen molar-refractivity contribution in [3.63, 3.8) is 0 Å². The highest BCUT2D eigenvalue weighted by Gasteiger charge is 1.95. The molecule has 1 rings (SSSR count). The third kappa shape index (κ3) is 1.26. The van der Waals surface area contributed by atoms with Gasteiger partial charge in [-0.15, -0.1) is 0 Å². The summed E-state index contributed by atoms with van der Waals surface area (Å²) in [5.74, 6) is 0. The first-order valence-corrected chi connectivity index (χ1v) is 3.56. The van der Waals surface area contributed by atoms with Gasteiger partial charge in [-0.25, -0.2) is 4.99 Å². The first kappa shape index (κ1) is 5.69. The van der Waals surface area contributed by atoms with Crippen LogP contribution in [0.5, 0.6) is 0 Å². The summed E-state index contributed by atoms with van der Waals surface area (Å²) in [5, 5.41) is 0.757.